The average Bonchev–Trinajstić information content (AvgIpc) is 3.93. The highest BCUT2D eigenvalue weighted by Gasteiger charge is 2.39. The summed E-state index contributed by atoms with van der Waals surface area (Å²) in [5, 5.41) is 14.0. The maximum atomic E-state index is 14.7. The fourth-order valence-electron chi connectivity index (χ4n) is 9.92. The monoisotopic (exact) mass is 887 g/mol. The Labute approximate surface area is 376 Å². The van der Waals surface area contributed by atoms with Gasteiger partial charge in [0, 0.05) is 89.5 Å². The highest BCUT2D eigenvalue weighted by Crippen LogP contribution is 2.37. The number of piperazine rings is 2. The summed E-state index contributed by atoms with van der Waals surface area (Å²) in [5.74, 6) is 1.14. The Hall–Kier alpha value is -4.88. The predicted molar refractivity (Wildman–Crippen MR) is 238 cm³/mol. The van der Waals surface area contributed by atoms with Crippen LogP contribution in [-0.4, -0.2) is 116 Å². The summed E-state index contributed by atoms with van der Waals surface area (Å²) < 4.78 is 57.6. The van der Waals surface area contributed by atoms with Crippen LogP contribution in [0.3, 0.4) is 0 Å². The van der Waals surface area contributed by atoms with Gasteiger partial charge in [-0.2, -0.15) is 18.4 Å². The van der Waals surface area contributed by atoms with Crippen LogP contribution in [0.4, 0.5) is 18.9 Å². The van der Waals surface area contributed by atoms with E-state index in [4.69, 9.17) is 14.2 Å². The lowest BCUT2D eigenvalue weighted by Crippen LogP contribution is -2.61. The molecular weight excluding hydrogens is 824 g/mol. The average molecular weight is 888 g/mol. The number of carbonyl (C=O) groups is 2. The van der Waals surface area contributed by atoms with Crippen LogP contribution in [-0.2, 0) is 46.7 Å². The summed E-state index contributed by atoms with van der Waals surface area (Å²) >= 11 is 0. The topological polar surface area (TPSA) is 114 Å². The molecule has 3 aromatic rings. The summed E-state index contributed by atoms with van der Waals surface area (Å²) in [7, 11) is 3.21. The van der Waals surface area contributed by atoms with Gasteiger partial charge in [0.15, 0.2) is 11.5 Å². The third-order valence-electron chi connectivity index (χ3n) is 13.4. The minimum atomic E-state index is -4.38. The van der Waals surface area contributed by atoms with Gasteiger partial charge in [-0.3, -0.25) is 24.7 Å². The second-order valence-corrected chi connectivity index (χ2v) is 17.9. The van der Waals surface area contributed by atoms with Gasteiger partial charge in [0.1, 0.15) is 12.3 Å². The van der Waals surface area contributed by atoms with E-state index in [-0.39, 0.29) is 29.9 Å². The van der Waals surface area contributed by atoms with E-state index in [9.17, 15) is 28.0 Å². The van der Waals surface area contributed by atoms with Crippen LogP contribution in [0.5, 0.6) is 11.5 Å². The molecule has 4 unspecified atom stereocenters. The van der Waals surface area contributed by atoms with Gasteiger partial charge < -0.3 is 28.9 Å². The highest BCUT2D eigenvalue weighted by molar-refractivity contribution is 5.80. The van der Waals surface area contributed by atoms with Gasteiger partial charge in [0.05, 0.1) is 32.0 Å². The van der Waals surface area contributed by atoms with Crippen molar-refractivity contribution in [2.75, 3.05) is 64.9 Å². The fourth-order valence-corrected chi connectivity index (χ4v) is 9.92. The molecule has 2 amide bonds. The minimum Gasteiger partial charge on any atom is -0.493 e. The van der Waals surface area contributed by atoms with Gasteiger partial charge >= 0.3 is 6.18 Å². The molecule has 12 nitrogen and oxygen atoms in total. The Morgan fingerprint density at radius 2 is 1.45 bits per heavy atom. The first-order chi connectivity index (χ1) is 30.8. The third-order valence-corrected chi connectivity index (χ3v) is 13.4. The van der Waals surface area contributed by atoms with Crippen LogP contribution in [0, 0.1) is 17.2 Å². The van der Waals surface area contributed by atoms with Gasteiger partial charge in [0.25, 0.3) is 0 Å². The third kappa shape index (κ3) is 11.5. The van der Waals surface area contributed by atoms with Gasteiger partial charge in [-0.25, -0.2) is 0 Å². The molecule has 2 fully saturated rings. The minimum absolute atomic E-state index is 0.0868. The normalized spacial score (nSPS) is 20.2. The zero-order valence-corrected chi connectivity index (χ0v) is 37.7. The number of amides is 2. The summed E-state index contributed by atoms with van der Waals surface area (Å²) in [6.45, 7) is 10.9. The number of benzene rings is 3. The molecule has 3 aromatic carbocycles. The number of nitrogens with one attached hydrogen (secondary N) is 1. The zero-order valence-electron chi connectivity index (χ0n) is 37.7. The SMILES string of the molecule is COc1cc2c(cc1OC)CN(C(=O)C(CCCCN1CCN(c3cccc(C(F)(F)F)c3)CC1)CCC(CCC(=O)N1Cc3ccccc3C1)N1CCNC(OC(C)C)C1C#N)C2. The molecule has 4 aliphatic heterocycles. The van der Waals surface area contributed by atoms with Crippen molar-refractivity contribution >= 4 is 17.5 Å². The summed E-state index contributed by atoms with van der Waals surface area (Å²) in [5.41, 5.74) is 4.36. The lowest BCUT2D eigenvalue weighted by Gasteiger charge is -2.43. The van der Waals surface area contributed by atoms with Crippen molar-refractivity contribution in [2.45, 2.75) is 116 Å². The van der Waals surface area contributed by atoms with E-state index in [0.717, 1.165) is 49.7 Å². The number of halogens is 3. The molecule has 346 valence electrons. The molecule has 64 heavy (non-hydrogen) atoms. The van der Waals surface area contributed by atoms with Crippen LogP contribution in [0.1, 0.15) is 86.6 Å². The molecule has 15 heteroatoms. The van der Waals surface area contributed by atoms with Crippen molar-refractivity contribution in [1.82, 2.24) is 24.9 Å². The standard InChI is InChI=1S/C49H64F3N7O5/c1-34(2)64-47-43(29-53)59(21-19-54-47)41(17-18-46(60)57-30-36-11-5-6-12-37(36)31-57)16-15-35(48(61)58-32-38-26-44(62-3)45(63-4)27-39(38)33-58)10-7-8-20-55-22-24-56(25-23-55)42-14-9-13-40(28-42)49(50,51)52/h5-6,9,11-14,26-28,34-35,41,43,47,54H,7-8,10,15-25,30-33H2,1-4H3. The number of hydrogen-bond donors (Lipinski definition) is 1. The van der Waals surface area contributed by atoms with E-state index in [1.54, 1.807) is 20.3 Å². The number of carbonyl (C=O) groups excluding carboxylic acids is 2. The van der Waals surface area contributed by atoms with Crippen LogP contribution >= 0.6 is 0 Å². The largest absolute Gasteiger partial charge is 0.493 e. The first kappa shape index (κ1) is 47.1. The van der Waals surface area contributed by atoms with Crippen molar-refractivity contribution in [1.29, 1.82) is 5.26 Å². The van der Waals surface area contributed by atoms with E-state index in [1.165, 1.54) is 23.3 Å². The maximum Gasteiger partial charge on any atom is 0.416 e. The van der Waals surface area contributed by atoms with E-state index in [0.29, 0.717) is 102 Å². The number of nitrogens with zero attached hydrogens (tertiary/aromatic N) is 6. The molecule has 2 saturated heterocycles. The molecule has 4 heterocycles. The maximum absolute atomic E-state index is 14.7. The summed E-state index contributed by atoms with van der Waals surface area (Å²) in [4.78, 5) is 39.0. The number of rotatable bonds is 18. The number of unbranched alkanes of at least 4 members (excludes halogenated alkanes) is 1. The van der Waals surface area contributed by atoms with Crippen molar-refractivity contribution in [3.8, 4) is 17.6 Å². The van der Waals surface area contributed by atoms with Crippen LogP contribution in [0.15, 0.2) is 60.7 Å². The van der Waals surface area contributed by atoms with Crippen molar-refractivity contribution in [3.05, 3.63) is 88.5 Å². The van der Waals surface area contributed by atoms with Gasteiger partial charge in [-0.05, 0) is 105 Å². The molecule has 4 atom stereocenters. The lowest BCUT2D eigenvalue weighted by molar-refractivity contribution is -0.138. The second-order valence-electron chi connectivity index (χ2n) is 17.9. The van der Waals surface area contributed by atoms with E-state index in [2.05, 4.69) is 33.3 Å². The molecule has 7 rings (SSSR count). The predicted octanol–water partition coefficient (Wildman–Crippen LogP) is 7.19. The number of hydrogen-bond acceptors (Lipinski definition) is 10. The molecule has 0 bridgehead atoms. The molecule has 4 aliphatic rings. The van der Waals surface area contributed by atoms with Crippen molar-refractivity contribution in [3.63, 3.8) is 0 Å². The number of fused-ring (bicyclic) bond motifs is 2. The number of anilines is 1. The van der Waals surface area contributed by atoms with E-state index >= 15 is 0 Å². The zero-order chi connectivity index (χ0) is 45.4. The smallest absolute Gasteiger partial charge is 0.416 e. The summed E-state index contributed by atoms with van der Waals surface area (Å²) in [6.07, 6.45) is -0.444. The molecule has 0 aliphatic carbocycles. The van der Waals surface area contributed by atoms with Gasteiger partial charge in [-0.1, -0.05) is 36.8 Å². The Bertz CT molecular complexity index is 2050. The van der Waals surface area contributed by atoms with E-state index < -0.39 is 24.0 Å². The second kappa shape index (κ2) is 21.4. The lowest BCUT2D eigenvalue weighted by atomic mass is 9.90. The quantitative estimate of drug-likeness (QED) is 0.132. The first-order valence-electron chi connectivity index (χ1n) is 22.9. The molecule has 0 radical (unpaired) electrons. The summed E-state index contributed by atoms with van der Waals surface area (Å²) in [6, 6.07) is 19.4. The van der Waals surface area contributed by atoms with Crippen LogP contribution in [0.25, 0.3) is 0 Å². The van der Waals surface area contributed by atoms with Crippen LogP contribution < -0.4 is 19.7 Å². The van der Waals surface area contributed by atoms with Crippen molar-refractivity contribution < 1.29 is 37.0 Å². The van der Waals surface area contributed by atoms with E-state index in [1.807, 2.05) is 52.8 Å². The molecular formula is C49H64F3N7O5. The number of methoxy groups -OCH3 is 2. The fraction of sp³-hybridized carbons (Fsp3) is 0.571. The van der Waals surface area contributed by atoms with Gasteiger partial charge in [-0.15, -0.1) is 0 Å². The Balaban J connectivity index is 1.03. The molecule has 0 aromatic heterocycles. The molecule has 0 saturated carbocycles. The van der Waals surface area contributed by atoms with Crippen molar-refractivity contribution in [2.24, 2.45) is 5.92 Å². The number of alkyl halides is 3. The number of ether oxygens (including phenoxy) is 3. The Morgan fingerprint density at radius 1 is 0.797 bits per heavy atom. The molecule has 0 spiro atoms. The van der Waals surface area contributed by atoms with Crippen LogP contribution in [0.2, 0.25) is 0 Å². The first-order valence-corrected chi connectivity index (χ1v) is 22.9. The Morgan fingerprint density at radius 3 is 2.06 bits per heavy atom. The Kier molecular flexibility index (Phi) is 15.8. The molecule has 1 N–H and O–H groups in total. The highest BCUT2D eigenvalue weighted by atomic mass is 19.4. The number of nitriles is 1. The van der Waals surface area contributed by atoms with Gasteiger partial charge in [0.2, 0.25) is 11.8 Å².